The molecule has 4 heteroatoms. The van der Waals surface area contributed by atoms with Crippen LogP contribution in [0.25, 0.3) is 0 Å². The second-order valence-electron chi connectivity index (χ2n) is 7.47. The predicted molar refractivity (Wildman–Crippen MR) is 97.5 cm³/mol. The van der Waals surface area contributed by atoms with Gasteiger partial charge in [0.1, 0.15) is 23.2 Å². The molecule has 0 saturated carbocycles. The van der Waals surface area contributed by atoms with Gasteiger partial charge in [0.2, 0.25) is 0 Å². The van der Waals surface area contributed by atoms with Crippen molar-refractivity contribution in [2.75, 3.05) is 19.6 Å². The van der Waals surface area contributed by atoms with Gasteiger partial charge in [-0.15, -0.1) is 0 Å². The monoisotopic (exact) mass is 342 g/mol. The second-order valence-corrected chi connectivity index (χ2v) is 7.47. The number of unbranched alkanes of at least 4 members (excludes halogenated alkanes) is 2. The van der Waals surface area contributed by atoms with Gasteiger partial charge in [-0.1, -0.05) is 19.8 Å². The molecule has 0 amide bonds. The van der Waals surface area contributed by atoms with Crippen LogP contribution in [0.2, 0.25) is 0 Å². The van der Waals surface area contributed by atoms with E-state index >= 15 is 0 Å². The van der Waals surface area contributed by atoms with Gasteiger partial charge in [0.15, 0.2) is 0 Å². The van der Waals surface area contributed by atoms with E-state index in [9.17, 15) is 4.39 Å². The van der Waals surface area contributed by atoms with Gasteiger partial charge >= 0.3 is 0 Å². The van der Waals surface area contributed by atoms with E-state index in [0.29, 0.717) is 0 Å². The minimum Gasteiger partial charge on any atom is -0.483 e. The first-order valence-electron chi connectivity index (χ1n) is 9.55. The Kier molecular flexibility index (Phi) is 4.55. The smallest absolute Gasteiger partial charge is 0.146 e. The van der Waals surface area contributed by atoms with Crippen LogP contribution >= 0.6 is 0 Å². The number of ether oxygens (including phenoxy) is 1. The number of aromatic nitrogens is 1. The molecule has 1 aromatic carbocycles. The number of likely N-dealkylation sites (tertiary alicyclic amines) is 1. The van der Waals surface area contributed by atoms with Crippen molar-refractivity contribution >= 4 is 0 Å². The van der Waals surface area contributed by atoms with Gasteiger partial charge in [-0.2, -0.15) is 0 Å². The van der Waals surface area contributed by atoms with Crippen LogP contribution in [0, 0.1) is 5.82 Å². The maximum absolute atomic E-state index is 13.9. The molecule has 1 saturated heterocycles. The van der Waals surface area contributed by atoms with Crippen molar-refractivity contribution in [3.05, 3.63) is 54.1 Å². The van der Waals surface area contributed by atoms with E-state index in [1.807, 2.05) is 12.1 Å². The SMILES string of the molecule is CCCCCN1CCCC2(C1)Oc1ccc(F)cc1C2n1cccc1. The third kappa shape index (κ3) is 3.08. The first-order valence-corrected chi connectivity index (χ1v) is 9.55. The zero-order chi connectivity index (χ0) is 17.3. The molecular formula is C21H27FN2O. The highest BCUT2D eigenvalue weighted by atomic mass is 19.1. The van der Waals surface area contributed by atoms with Crippen LogP contribution in [0.3, 0.4) is 0 Å². The van der Waals surface area contributed by atoms with E-state index in [4.69, 9.17) is 4.74 Å². The Labute approximate surface area is 149 Å². The van der Waals surface area contributed by atoms with E-state index in [1.165, 1.54) is 25.3 Å². The highest BCUT2D eigenvalue weighted by Crippen LogP contribution is 2.49. The van der Waals surface area contributed by atoms with Crippen LogP contribution in [0.4, 0.5) is 4.39 Å². The Morgan fingerprint density at radius 1 is 1.24 bits per heavy atom. The standard InChI is InChI=1S/C21H27FN2O/c1-2-3-4-11-23-12-7-10-21(16-23)20(24-13-5-6-14-24)18-15-17(22)8-9-19(18)25-21/h5-6,8-9,13-15,20H,2-4,7,10-12,16H2,1H3. The minimum atomic E-state index is -0.292. The Hall–Kier alpha value is -1.81. The van der Waals surface area contributed by atoms with Crippen LogP contribution in [0.1, 0.15) is 50.6 Å². The topological polar surface area (TPSA) is 17.4 Å². The molecule has 0 N–H and O–H groups in total. The Bertz CT molecular complexity index is 715. The maximum Gasteiger partial charge on any atom is 0.146 e. The average molecular weight is 342 g/mol. The molecule has 2 unspecified atom stereocenters. The summed E-state index contributed by atoms with van der Waals surface area (Å²) in [7, 11) is 0. The molecule has 2 aromatic rings. The number of fused-ring (bicyclic) bond motifs is 1. The zero-order valence-corrected chi connectivity index (χ0v) is 15.0. The molecule has 134 valence electrons. The van der Waals surface area contributed by atoms with Crippen molar-refractivity contribution in [2.24, 2.45) is 0 Å². The molecule has 1 fully saturated rings. The van der Waals surface area contributed by atoms with Crippen molar-refractivity contribution in [1.82, 2.24) is 9.47 Å². The first-order chi connectivity index (χ1) is 12.2. The number of nitrogens with zero attached hydrogens (tertiary/aromatic N) is 2. The lowest BCUT2D eigenvalue weighted by Crippen LogP contribution is -2.54. The fourth-order valence-electron chi connectivity index (χ4n) is 4.56. The minimum absolute atomic E-state index is 0.0437. The molecule has 1 aromatic heterocycles. The molecule has 0 radical (unpaired) electrons. The van der Waals surface area contributed by atoms with Gasteiger partial charge in [0.05, 0.1) is 0 Å². The van der Waals surface area contributed by atoms with Gasteiger partial charge in [-0.05, 0) is 62.7 Å². The summed E-state index contributed by atoms with van der Waals surface area (Å²) in [5.74, 6) is 0.655. The quantitative estimate of drug-likeness (QED) is 0.737. The van der Waals surface area contributed by atoms with Crippen molar-refractivity contribution in [3.8, 4) is 5.75 Å². The van der Waals surface area contributed by atoms with E-state index in [1.54, 1.807) is 12.1 Å². The number of hydrogen-bond acceptors (Lipinski definition) is 2. The third-order valence-electron chi connectivity index (χ3n) is 5.65. The highest BCUT2D eigenvalue weighted by molar-refractivity contribution is 5.44. The molecule has 2 atom stereocenters. The Morgan fingerprint density at radius 2 is 2.08 bits per heavy atom. The molecular weight excluding hydrogens is 315 g/mol. The molecule has 4 rings (SSSR count). The first kappa shape index (κ1) is 16.6. The van der Waals surface area contributed by atoms with Crippen molar-refractivity contribution in [1.29, 1.82) is 0 Å². The van der Waals surface area contributed by atoms with Crippen LogP contribution in [0.15, 0.2) is 42.7 Å². The van der Waals surface area contributed by atoms with Crippen molar-refractivity contribution < 1.29 is 9.13 Å². The van der Waals surface area contributed by atoms with Gasteiger partial charge in [0.25, 0.3) is 0 Å². The van der Waals surface area contributed by atoms with E-state index in [0.717, 1.165) is 43.8 Å². The average Bonchev–Trinajstić information content (AvgIpc) is 3.21. The Morgan fingerprint density at radius 3 is 2.88 bits per heavy atom. The number of benzene rings is 1. The summed E-state index contributed by atoms with van der Waals surface area (Å²) in [5.41, 5.74) is 0.686. The molecule has 2 aliphatic heterocycles. The van der Waals surface area contributed by atoms with Crippen molar-refractivity contribution in [2.45, 2.75) is 50.7 Å². The van der Waals surface area contributed by atoms with Gasteiger partial charge < -0.3 is 9.30 Å². The predicted octanol–water partition coefficient (Wildman–Crippen LogP) is 4.63. The van der Waals surface area contributed by atoms with Crippen LogP contribution < -0.4 is 4.74 Å². The fourth-order valence-corrected chi connectivity index (χ4v) is 4.56. The zero-order valence-electron chi connectivity index (χ0n) is 15.0. The Balaban J connectivity index is 1.66. The molecule has 3 heterocycles. The number of halogens is 1. The summed E-state index contributed by atoms with van der Waals surface area (Å²) in [5, 5.41) is 0. The van der Waals surface area contributed by atoms with Gasteiger partial charge in [-0.3, -0.25) is 4.90 Å². The van der Waals surface area contributed by atoms with Crippen molar-refractivity contribution in [3.63, 3.8) is 0 Å². The highest BCUT2D eigenvalue weighted by Gasteiger charge is 2.51. The van der Waals surface area contributed by atoms with Crippen LogP contribution in [-0.4, -0.2) is 34.7 Å². The summed E-state index contributed by atoms with van der Waals surface area (Å²) >= 11 is 0. The second kappa shape index (κ2) is 6.83. The van der Waals surface area contributed by atoms with E-state index in [2.05, 4.69) is 28.8 Å². The van der Waals surface area contributed by atoms with Crippen LogP contribution in [0.5, 0.6) is 5.75 Å². The van der Waals surface area contributed by atoms with Gasteiger partial charge in [0, 0.05) is 24.5 Å². The molecule has 25 heavy (non-hydrogen) atoms. The lowest BCUT2D eigenvalue weighted by Gasteiger charge is -2.43. The summed E-state index contributed by atoms with van der Waals surface area (Å²) in [4.78, 5) is 2.54. The maximum atomic E-state index is 13.9. The summed E-state index contributed by atoms with van der Waals surface area (Å²) in [6.45, 7) is 5.42. The third-order valence-corrected chi connectivity index (χ3v) is 5.65. The lowest BCUT2D eigenvalue weighted by molar-refractivity contribution is -0.0174. The molecule has 2 aliphatic rings. The van der Waals surface area contributed by atoms with Gasteiger partial charge in [-0.25, -0.2) is 4.39 Å². The summed E-state index contributed by atoms with van der Waals surface area (Å²) in [6, 6.07) is 9.07. The van der Waals surface area contributed by atoms with Crippen LogP contribution in [-0.2, 0) is 0 Å². The molecule has 0 aliphatic carbocycles. The summed E-state index contributed by atoms with van der Waals surface area (Å²) < 4.78 is 22.7. The fraction of sp³-hybridized carbons (Fsp3) is 0.524. The lowest BCUT2D eigenvalue weighted by atomic mass is 9.83. The van der Waals surface area contributed by atoms with E-state index < -0.39 is 0 Å². The largest absolute Gasteiger partial charge is 0.483 e. The summed E-state index contributed by atoms with van der Waals surface area (Å²) in [6.07, 6.45) is 10.0. The number of rotatable bonds is 5. The van der Waals surface area contributed by atoms with E-state index in [-0.39, 0.29) is 17.5 Å². The number of piperidine rings is 1. The normalized spacial score (nSPS) is 25.9. The molecule has 0 bridgehead atoms. The molecule has 3 nitrogen and oxygen atoms in total. The molecule has 1 spiro atoms. The number of hydrogen-bond donors (Lipinski definition) is 0.